The summed E-state index contributed by atoms with van der Waals surface area (Å²) >= 11 is 0. The number of carbonyl (C=O) groups is 2. The number of carbonyl (C=O) groups excluding carboxylic acids is 1. The molecule has 1 amide bonds. The highest BCUT2D eigenvalue weighted by Gasteiger charge is 2.27. The molecule has 0 aliphatic carbocycles. The molecule has 1 aromatic rings. The Morgan fingerprint density at radius 3 is 2.29 bits per heavy atom. The second kappa shape index (κ2) is 7.10. The molecule has 116 valence electrons. The lowest BCUT2D eigenvalue weighted by molar-refractivity contribution is -0.142. The molecule has 0 bridgehead atoms. The van der Waals surface area contributed by atoms with Gasteiger partial charge >= 0.3 is 12.1 Å². The molecule has 0 heterocycles. The van der Waals surface area contributed by atoms with E-state index in [1.54, 1.807) is 31.2 Å². The van der Waals surface area contributed by atoms with E-state index in [2.05, 4.69) is 5.32 Å². The zero-order valence-corrected chi connectivity index (χ0v) is 11.4. The van der Waals surface area contributed by atoms with Crippen molar-refractivity contribution in [3.63, 3.8) is 0 Å². The monoisotopic (exact) mass is 303 g/mol. The summed E-state index contributed by atoms with van der Waals surface area (Å²) in [5.74, 6) is -1.80. The van der Waals surface area contributed by atoms with Crippen LogP contribution in [0.3, 0.4) is 0 Å². The highest BCUT2D eigenvalue weighted by Crippen LogP contribution is 2.23. The van der Waals surface area contributed by atoms with Crippen molar-refractivity contribution in [2.24, 2.45) is 0 Å². The van der Waals surface area contributed by atoms with Gasteiger partial charge in [-0.3, -0.25) is 9.59 Å². The number of hydrogen-bond donors (Lipinski definition) is 2. The van der Waals surface area contributed by atoms with Crippen molar-refractivity contribution in [1.29, 1.82) is 0 Å². The predicted octanol–water partition coefficient (Wildman–Crippen LogP) is 3.55. The highest BCUT2D eigenvalue weighted by molar-refractivity contribution is 5.90. The van der Waals surface area contributed by atoms with Crippen LogP contribution >= 0.6 is 0 Å². The first-order valence-corrected chi connectivity index (χ1v) is 6.36. The topological polar surface area (TPSA) is 66.4 Å². The van der Waals surface area contributed by atoms with Gasteiger partial charge in [0.15, 0.2) is 0 Å². The van der Waals surface area contributed by atoms with Crippen molar-refractivity contribution in [2.45, 2.75) is 38.3 Å². The summed E-state index contributed by atoms with van der Waals surface area (Å²) < 4.78 is 35.9. The number of nitrogens with one attached hydrogen (secondary N) is 1. The smallest absolute Gasteiger partial charge is 0.389 e. The van der Waals surface area contributed by atoms with E-state index in [0.29, 0.717) is 5.69 Å². The van der Waals surface area contributed by atoms with Gasteiger partial charge in [0, 0.05) is 12.1 Å². The fourth-order valence-electron chi connectivity index (χ4n) is 1.75. The summed E-state index contributed by atoms with van der Waals surface area (Å²) in [4.78, 5) is 21.9. The predicted molar refractivity (Wildman–Crippen MR) is 71.0 cm³/mol. The molecule has 1 aromatic carbocycles. The second-order valence-electron chi connectivity index (χ2n) is 4.78. The van der Waals surface area contributed by atoms with E-state index in [0.717, 1.165) is 5.56 Å². The van der Waals surface area contributed by atoms with Crippen LogP contribution in [0.5, 0.6) is 0 Å². The molecule has 0 fully saturated rings. The minimum atomic E-state index is -4.35. The number of aliphatic carboxylic acids is 1. The Morgan fingerprint density at radius 2 is 1.81 bits per heavy atom. The number of carboxylic acid groups (broad SMARTS) is 1. The van der Waals surface area contributed by atoms with Crippen LogP contribution in [-0.4, -0.2) is 23.2 Å². The van der Waals surface area contributed by atoms with Crippen LogP contribution in [-0.2, 0) is 9.59 Å². The van der Waals surface area contributed by atoms with Crippen LogP contribution in [0.15, 0.2) is 24.3 Å². The lowest BCUT2D eigenvalue weighted by Gasteiger charge is -2.11. The van der Waals surface area contributed by atoms with E-state index in [-0.39, 0.29) is 12.3 Å². The Balaban J connectivity index is 2.54. The number of rotatable bonds is 6. The fraction of sp³-hybridized carbons (Fsp3) is 0.429. The molecule has 1 atom stereocenters. The summed E-state index contributed by atoms with van der Waals surface area (Å²) in [5.41, 5.74) is 1.17. The lowest BCUT2D eigenvalue weighted by atomic mass is 9.98. The molecule has 0 aromatic heterocycles. The Kier molecular flexibility index (Phi) is 5.75. The third-order valence-corrected chi connectivity index (χ3v) is 2.88. The number of halogens is 3. The summed E-state index contributed by atoms with van der Waals surface area (Å²) in [6.07, 6.45) is -6.15. The Bertz CT molecular complexity index is 497. The number of hydrogen-bond acceptors (Lipinski definition) is 2. The zero-order valence-electron chi connectivity index (χ0n) is 11.4. The number of carboxylic acids is 1. The molecule has 0 radical (unpaired) electrons. The SMILES string of the molecule is CC(CC(=O)O)c1ccc(NC(=O)CCC(F)(F)F)cc1. The molecule has 7 heteroatoms. The molecular formula is C14H16F3NO3. The average Bonchev–Trinajstić information content (AvgIpc) is 2.35. The van der Waals surface area contributed by atoms with Gasteiger partial charge < -0.3 is 10.4 Å². The van der Waals surface area contributed by atoms with Crippen LogP contribution < -0.4 is 5.32 Å². The number of amides is 1. The fourth-order valence-corrected chi connectivity index (χ4v) is 1.75. The summed E-state index contributed by atoms with van der Waals surface area (Å²) in [7, 11) is 0. The normalized spacial score (nSPS) is 12.8. The maximum Gasteiger partial charge on any atom is 0.389 e. The van der Waals surface area contributed by atoms with E-state index in [4.69, 9.17) is 5.11 Å². The minimum Gasteiger partial charge on any atom is -0.481 e. The van der Waals surface area contributed by atoms with Gasteiger partial charge in [-0.25, -0.2) is 0 Å². The van der Waals surface area contributed by atoms with Crippen molar-refractivity contribution in [2.75, 3.05) is 5.32 Å². The van der Waals surface area contributed by atoms with Crippen molar-refractivity contribution in [1.82, 2.24) is 0 Å². The van der Waals surface area contributed by atoms with Crippen molar-refractivity contribution in [3.05, 3.63) is 29.8 Å². The molecule has 0 saturated heterocycles. The maximum absolute atomic E-state index is 12.0. The minimum absolute atomic E-state index is 0.0166. The van der Waals surface area contributed by atoms with Gasteiger partial charge in [0.25, 0.3) is 0 Å². The molecule has 0 saturated carbocycles. The maximum atomic E-state index is 12.0. The van der Waals surface area contributed by atoms with Crippen LogP contribution in [0.1, 0.15) is 37.7 Å². The Labute approximate surface area is 120 Å². The molecule has 1 rings (SSSR count). The van der Waals surface area contributed by atoms with Crippen LogP contribution in [0.4, 0.5) is 18.9 Å². The van der Waals surface area contributed by atoms with Gasteiger partial charge in [-0.2, -0.15) is 13.2 Å². The molecule has 4 nitrogen and oxygen atoms in total. The molecule has 0 aliphatic rings. The standard InChI is InChI=1S/C14H16F3NO3/c1-9(8-13(20)21)10-2-4-11(5-3-10)18-12(19)6-7-14(15,16)17/h2-5,9H,6-8H2,1H3,(H,18,19)(H,20,21). The average molecular weight is 303 g/mol. The van der Waals surface area contributed by atoms with E-state index >= 15 is 0 Å². The molecular weight excluding hydrogens is 287 g/mol. The van der Waals surface area contributed by atoms with Gasteiger partial charge in [-0.1, -0.05) is 19.1 Å². The molecule has 21 heavy (non-hydrogen) atoms. The van der Waals surface area contributed by atoms with E-state index in [9.17, 15) is 22.8 Å². The summed E-state index contributed by atoms with van der Waals surface area (Å²) in [6.45, 7) is 1.75. The van der Waals surface area contributed by atoms with Gasteiger partial charge in [0.2, 0.25) is 5.91 Å². The van der Waals surface area contributed by atoms with Crippen LogP contribution in [0.25, 0.3) is 0 Å². The second-order valence-corrected chi connectivity index (χ2v) is 4.78. The molecule has 2 N–H and O–H groups in total. The lowest BCUT2D eigenvalue weighted by Crippen LogP contribution is -2.16. The Hall–Kier alpha value is -2.05. The van der Waals surface area contributed by atoms with Gasteiger partial charge in [-0.15, -0.1) is 0 Å². The summed E-state index contributed by atoms with van der Waals surface area (Å²) in [6, 6.07) is 6.37. The highest BCUT2D eigenvalue weighted by atomic mass is 19.4. The number of alkyl halides is 3. The first-order valence-electron chi connectivity index (χ1n) is 6.36. The van der Waals surface area contributed by atoms with E-state index in [1.807, 2.05) is 0 Å². The van der Waals surface area contributed by atoms with Crippen LogP contribution in [0.2, 0.25) is 0 Å². The molecule has 1 unspecified atom stereocenters. The van der Waals surface area contributed by atoms with Gasteiger partial charge in [0.05, 0.1) is 12.8 Å². The third-order valence-electron chi connectivity index (χ3n) is 2.88. The zero-order chi connectivity index (χ0) is 16.0. The third kappa shape index (κ3) is 6.78. The molecule has 0 spiro atoms. The first kappa shape index (κ1) is 17.0. The van der Waals surface area contributed by atoms with E-state index in [1.165, 1.54) is 0 Å². The van der Waals surface area contributed by atoms with Gasteiger partial charge in [-0.05, 0) is 23.6 Å². The van der Waals surface area contributed by atoms with Crippen molar-refractivity contribution < 1.29 is 27.9 Å². The van der Waals surface area contributed by atoms with E-state index < -0.39 is 30.9 Å². The van der Waals surface area contributed by atoms with Crippen LogP contribution in [0, 0.1) is 0 Å². The number of anilines is 1. The van der Waals surface area contributed by atoms with Crippen molar-refractivity contribution in [3.8, 4) is 0 Å². The molecule has 0 aliphatic heterocycles. The quantitative estimate of drug-likeness (QED) is 0.844. The largest absolute Gasteiger partial charge is 0.481 e. The first-order chi connectivity index (χ1) is 9.67. The summed E-state index contributed by atoms with van der Waals surface area (Å²) in [5, 5.41) is 11.1. The Morgan fingerprint density at radius 1 is 1.24 bits per heavy atom. The van der Waals surface area contributed by atoms with Gasteiger partial charge in [0.1, 0.15) is 0 Å². The van der Waals surface area contributed by atoms with Crippen molar-refractivity contribution >= 4 is 17.6 Å². The number of benzene rings is 1.